The summed E-state index contributed by atoms with van der Waals surface area (Å²) in [7, 11) is 1.63. The van der Waals surface area contributed by atoms with Gasteiger partial charge in [0.2, 0.25) is 0 Å². The molecule has 4 rings (SSSR count). The second-order valence-corrected chi connectivity index (χ2v) is 8.35. The molecule has 3 aromatic rings. The van der Waals surface area contributed by atoms with Crippen molar-refractivity contribution in [2.75, 3.05) is 12.4 Å². The number of ether oxygens (including phenoxy) is 1. The first kappa shape index (κ1) is 20.2. The number of thiophene rings is 1. The van der Waals surface area contributed by atoms with E-state index in [0.717, 1.165) is 37.0 Å². The van der Waals surface area contributed by atoms with Crippen LogP contribution in [0.15, 0.2) is 54.6 Å². The van der Waals surface area contributed by atoms with Gasteiger partial charge < -0.3 is 15.4 Å². The number of anilines is 1. The number of carbonyl (C=O) groups is 2. The van der Waals surface area contributed by atoms with Crippen LogP contribution in [0.25, 0.3) is 0 Å². The average Bonchev–Trinajstić information content (AvgIpc) is 2.94. The topological polar surface area (TPSA) is 67.4 Å². The number of benzene rings is 2. The molecule has 1 aliphatic carbocycles. The Hall–Kier alpha value is -3.12. The fraction of sp³-hybridized carbons (Fsp3) is 0.250. The molecule has 6 heteroatoms. The first-order valence-corrected chi connectivity index (χ1v) is 11.0. The van der Waals surface area contributed by atoms with Gasteiger partial charge in [-0.2, -0.15) is 0 Å². The van der Waals surface area contributed by atoms with E-state index in [4.69, 9.17) is 4.74 Å². The Morgan fingerprint density at radius 2 is 1.57 bits per heavy atom. The van der Waals surface area contributed by atoms with Crippen molar-refractivity contribution in [3.8, 4) is 11.5 Å². The Bertz CT molecular complexity index is 1040. The third-order valence-corrected chi connectivity index (χ3v) is 6.41. The Morgan fingerprint density at radius 1 is 0.867 bits per heavy atom. The predicted molar refractivity (Wildman–Crippen MR) is 120 cm³/mol. The number of rotatable bonds is 5. The van der Waals surface area contributed by atoms with Crippen molar-refractivity contribution in [3.63, 3.8) is 0 Å². The highest BCUT2D eigenvalue weighted by atomic mass is 32.1. The van der Waals surface area contributed by atoms with E-state index in [1.807, 2.05) is 30.3 Å². The van der Waals surface area contributed by atoms with Gasteiger partial charge in [0.25, 0.3) is 11.8 Å². The van der Waals surface area contributed by atoms with E-state index in [1.165, 1.54) is 22.6 Å². The summed E-state index contributed by atoms with van der Waals surface area (Å²) >= 11 is 1.53. The predicted octanol–water partition coefficient (Wildman–Crippen LogP) is 5.42. The number of amides is 2. The van der Waals surface area contributed by atoms with E-state index < -0.39 is 0 Å². The van der Waals surface area contributed by atoms with E-state index in [2.05, 4.69) is 10.6 Å². The quantitative estimate of drug-likeness (QED) is 0.542. The minimum Gasteiger partial charge on any atom is -0.457 e. The minimum absolute atomic E-state index is 0.142. The van der Waals surface area contributed by atoms with E-state index in [-0.39, 0.29) is 11.8 Å². The summed E-state index contributed by atoms with van der Waals surface area (Å²) in [4.78, 5) is 26.6. The van der Waals surface area contributed by atoms with E-state index >= 15 is 0 Å². The number of hydrogen-bond acceptors (Lipinski definition) is 4. The first-order chi connectivity index (χ1) is 14.7. The van der Waals surface area contributed by atoms with Crippen LogP contribution in [0.3, 0.4) is 0 Å². The molecule has 2 amide bonds. The summed E-state index contributed by atoms with van der Waals surface area (Å²) in [6, 6.07) is 16.5. The molecular weight excluding hydrogens is 396 g/mol. The highest BCUT2D eigenvalue weighted by Crippen LogP contribution is 2.37. The lowest BCUT2D eigenvalue weighted by molar-refractivity contribution is 0.0963. The largest absolute Gasteiger partial charge is 0.457 e. The van der Waals surface area contributed by atoms with Crippen molar-refractivity contribution in [1.82, 2.24) is 5.32 Å². The summed E-state index contributed by atoms with van der Waals surface area (Å²) in [6.45, 7) is 0. The molecule has 0 bridgehead atoms. The van der Waals surface area contributed by atoms with Crippen molar-refractivity contribution in [3.05, 3.63) is 76.2 Å². The van der Waals surface area contributed by atoms with E-state index in [1.54, 1.807) is 31.3 Å². The van der Waals surface area contributed by atoms with Crippen LogP contribution >= 0.6 is 11.3 Å². The second-order valence-electron chi connectivity index (χ2n) is 7.24. The molecule has 0 radical (unpaired) electrons. The third-order valence-electron chi connectivity index (χ3n) is 5.20. The Labute approximate surface area is 180 Å². The van der Waals surface area contributed by atoms with Gasteiger partial charge in [0.05, 0.1) is 5.56 Å². The van der Waals surface area contributed by atoms with Crippen LogP contribution in [-0.2, 0) is 12.8 Å². The van der Waals surface area contributed by atoms with Gasteiger partial charge in [-0.1, -0.05) is 24.6 Å². The number of fused-ring (bicyclic) bond motifs is 1. The van der Waals surface area contributed by atoms with Gasteiger partial charge in [-0.15, -0.1) is 11.3 Å². The van der Waals surface area contributed by atoms with Gasteiger partial charge in [-0.3, -0.25) is 9.59 Å². The highest BCUT2D eigenvalue weighted by Gasteiger charge is 2.25. The van der Waals surface area contributed by atoms with Gasteiger partial charge in [0, 0.05) is 17.5 Å². The molecular formula is C24H24N2O3S. The molecule has 0 spiro atoms. The summed E-state index contributed by atoms with van der Waals surface area (Å²) in [5.74, 6) is 1.02. The van der Waals surface area contributed by atoms with Crippen LogP contribution in [0.1, 0.15) is 50.4 Å². The van der Waals surface area contributed by atoms with Crippen LogP contribution in [0, 0.1) is 0 Å². The van der Waals surface area contributed by atoms with E-state index in [0.29, 0.717) is 21.9 Å². The Balaban J connectivity index is 1.53. The minimum atomic E-state index is -0.233. The maximum Gasteiger partial charge on any atom is 0.256 e. The maximum absolute atomic E-state index is 12.9. The zero-order valence-corrected chi connectivity index (χ0v) is 17.7. The number of hydrogen-bond donors (Lipinski definition) is 2. The number of para-hydroxylation sites is 1. The normalized spacial score (nSPS) is 13.1. The van der Waals surface area contributed by atoms with Crippen molar-refractivity contribution in [2.24, 2.45) is 0 Å². The zero-order chi connectivity index (χ0) is 20.9. The monoisotopic (exact) mass is 420 g/mol. The van der Waals surface area contributed by atoms with Crippen molar-refractivity contribution >= 4 is 28.2 Å². The molecule has 30 heavy (non-hydrogen) atoms. The molecule has 1 aliphatic rings. The first-order valence-electron chi connectivity index (χ1n) is 10.2. The third kappa shape index (κ3) is 4.39. The van der Waals surface area contributed by atoms with Crippen LogP contribution in [0.2, 0.25) is 0 Å². The molecule has 5 nitrogen and oxygen atoms in total. The standard InChI is InChI=1S/C24H24N2O3S/c1-25-23(28)21-19-10-6-3-7-11-20(19)30-24(21)26-22(27)16-12-14-18(15-13-16)29-17-8-4-2-5-9-17/h2,4-5,8-9,12-15H,3,6-7,10-11H2,1H3,(H,25,28)(H,26,27). The summed E-state index contributed by atoms with van der Waals surface area (Å²) in [5.41, 5.74) is 2.23. The van der Waals surface area contributed by atoms with Crippen LogP contribution in [-0.4, -0.2) is 18.9 Å². The molecule has 0 atom stereocenters. The second kappa shape index (κ2) is 9.13. The van der Waals surface area contributed by atoms with Gasteiger partial charge >= 0.3 is 0 Å². The molecule has 0 saturated heterocycles. The zero-order valence-electron chi connectivity index (χ0n) is 16.9. The van der Waals surface area contributed by atoms with Crippen molar-refractivity contribution < 1.29 is 14.3 Å². The lowest BCUT2D eigenvalue weighted by Crippen LogP contribution is -2.21. The van der Waals surface area contributed by atoms with Crippen LogP contribution < -0.4 is 15.4 Å². The fourth-order valence-corrected chi connectivity index (χ4v) is 4.95. The lowest BCUT2D eigenvalue weighted by Gasteiger charge is -2.09. The summed E-state index contributed by atoms with van der Waals surface area (Å²) in [5, 5.41) is 6.32. The average molecular weight is 421 g/mol. The number of nitrogens with one attached hydrogen (secondary N) is 2. The Morgan fingerprint density at radius 3 is 2.30 bits per heavy atom. The lowest BCUT2D eigenvalue weighted by atomic mass is 10.0. The Kier molecular flexibility index (Phi) is 6.14. The molecule has 154 valence electrons. The molecule has 1 aromatic heterocycles. The molecule has 2 aromatic carbocycles. The fourth-order valence-electron chi connectivity index (χ4n) is 3.67. The van der Waals surface area contributed by atoms with Crippen LogP contribution in [0.4, 0.5) is 5.00 Å². The van der Waals surface area contributed by atoms with Gasteiger partial charge in [0.1, 0.15) is 16.5 Å². The summed E-state index contributed by atoms with van der Waals surface area (Å²) in [6.07, 6.45) is 5.22. The van der Waals surface area contributed by atoms with E-state index in [9.17, 15) is 9.59 Å². The number of aryl methyl sites for hydroxylation is 1. The summed E-state index contributed by atoms with van der Waals surface area (Å²) < 4.78 is 5.78. The molecule has 0 unspecified atom stereocenters. The SMILES string of the molecule is CNC(=O)c1c(NC(=O)c2ccc(Oc3ccccc3)cc2)sc2c1CCCCC2. The van der Waals surface area contributed by atoms with Crippen molar-refractivity contribution in [1.29, 1.82) is 0 Å². The smallest absolute Gasteiger partial charge is 0.256 e. The van der Waals surface area contributed by atoms with Gasteiger partial charge in [-0.05, 0) is 67.6 Å². The molecule has 1 heterocycles. The maximum atomic E-state index is 12.9. The molecule has 0 fully saturated rings. The van der Waals surface area contributed by atoms with Crippen molar-refractivity contribution in [2.45, 2.75) is 32.1 Å². The van der Waals surface area contributed by atoms with Gasteiger partial charge in [-0.25, -0.2) is 0 Å². The van der Waals surface area contributed by atoms with Gasteiger partial charge in [0.15, 0.2) is 0 Å². The highest BCUT2D eigenvalue weighted by molar-refractivity contribution is 7.17. The molecule has 0 aliphatic heterocycles. The number of carbonyl (C=O) groups excluding carboxylic acids is 2. The molecule has 2 N–H and O–H groups in total. The van der Waals surface area contributed by atoms with Crippen LogP contribution in [0.5, 0.6) is 11.5 Å². The molecule has 0 saturated carbocycles.